The lowest BCUT2D eigenvalue weighted by Gasteiger charge is -2.23. The van der Waals surface area contributed by atoms with Gasteiger partial charge in [-0.3, -0.25) is 4.98 Å². The first-order valence-corrected chi connectivity index (χ1v) is 6.64. The van der Waals surface area contributed by atoms with Gasteiger partial charge < -0.3 is 0 Å². The van der Waals surface area contributed by atoms with Crippen molar-refractivity contribution in [2.75, 3.05) is 0 Å². The standard InChI is InChI=1S/C17H19N/c1-17(2,3)16-15(12-7-5-4-6-8-12)13-9-10-14(11-13)18-16/h4-8,11H,9-10H2,1-3H3. The zero-order valence-corrected chi connectivity index (χ0v) is 11.3. The molecular weight excluding hydrogens is 218 g/mol. The molecular formula is C17H19N. The van der Waals surface area contributed by atoms with E-state index in [-0.39, 0.29) is 5.41 Å². The molecule has 1 heterocycles. The number of benzene rings is 1. The summed E-state index contributed by atoms with van der Waals surface area (Å²) in [7, 11) is 0. The van der Waals surface area contributed by atoms with Gasteiger partial charge in [-0.25, -0.2) is 0 Å². The normalized spacial score (nSPS) is 13.9. The first-order valence-electron chi connectivity index (χ1n) is 6.64. The van der Waals surface area contributed by atoms with E-state index in [9.17, 15) is 0 Å². The largest absolute Gasteiger partial charge is 0.257 e. The highest BCUT2D eigenvalue weighted by Crippen LogP contribution is 2.37. The van der Waals surface area contributed by atoms with E-state index in [1.54, 1.807) is 0 Å². The number of hydrogen-bond donors (Lipinski definition) is 0. The molecule has 18 heavy (non-hydrogen) atoms. The Morgan fingerprint density at radius 2 is 1.72 bits per heavy atom. The van der Waals surface area contributed by atoms with Gasteiger partial charge in [0.05, 0.1) is 5.69 Å². The summed E-state index contributed by atoms with van der Waals surface area (Å²) >= 11 is 0. The van der Waals surface area contributed by atoms with Crippen LogP contribution in [-0.2, 0) is 18.3 Å². The van der Waals surface area contributed by atoms with E-state index in [1.165, 1.54) is 28.1 Å². The van der Waals surface area contributed by atoms with Crippen LogP contribution in [0.2, 0.25) is 0 Å². The summed E-state index contributed by atoms with van der Waals surface area (Å²) in [6.45, 7) is 6.75. The molecule has 0 aliphatic heterocycles. The molecule has 0 radical (unpaired) electrons. The van der Waals surface area contributed by atoms with E-state index in [4.69, 9.17) is 4.98 Å². The third-order valence-electron chi connectivity index (χ3n) is 3.58. The van der Waals surface area contributed by atoms with Crippen molar-refractivity contribution in [3.8, 4) is 11.1 Å². The fourth-order valence-corrected chi connectivity index (χ4v) is 2.71. The van der Waals surface area contributed by atoms with Crippen molar-refractivity contribution in [2.45, 2.75) is 39.0 Å². The van der Waals surface area contributed by atoms with Crippen LogP contribution in [0.1, 0.15) is 37.7 Å². The van der Waals surface area contributed by atoms with Crippen molar-refractivity contribution in [2.24, 2.45) is 0 Å². The van der Waals surface area contributed by atoms with Crippen molar-refractivity contribution in [3.05, 3.63) is 53.3 Å². The lowest BCUT2D eigenvalue weighted by atomic mass is 9.84. The Morgan fingerprint density at radius 3 is 2.39 bits per heavy atom. The molecule has 2 bridgehead atoms. The van der Waals surface area contributed by atoms with E-state index >= 15 is 0 Å². The van der Waals surface area contributed by atoms with E-state index < -0.39 is 0 Å². The van der Waals surface area contributed by atoms with E-state index in [0.717, 1.165) is 12.8 Å². The zero-order chi connectivity index (χ0) is 12.8. The molecule has 1 heteroatoms. The summed E-state index contributed by atoms with van der Waals surface area (Å²) in [5.74, 6) is 0. The van der Waals surface area contributed by atoms with Crippen LogP contribution in [0.25, 0.3) is 11.1 Å². The Bertz CT molecular complexity index is 577. The van der Waals surface area contributed by atoms with Gasteiger partial charge >= 0.3 is 0 Å². The maximum Gasteiger partial charge on any atom is 0.0541 e. The SMILES string of the molecule is CC(C)(C)c1nc2cc(c1-c1ccccc1)CC2. The second kappa shape index (κ2) is 3.94. The van der Waals surface area contributed by atoms with Crippen molar-refractivity contribution in [1.29, 1.82) is 0 Å². The maximum absolute atomic E-state index is 4.89. The van der Waals surface area contributed by atoms with E-state index in [0.29, 0.717) is 0 Å². The molecule has 2 aromatic rings. The van der Waals surface area contributed by atoms with Gasteiger partial charge in [-0.05, 0) is 30.0 Å². The molecule has 1 aliphatic rings. The molecule has 0 fully saturated rings. The van der Waals surface area contributed by atoms with Crippen molar-refractivity contribution in [1.82, 2.24) is 4.98 Å². The molecule has 0 spiro atoms. The lowest BCUT2D eigenvalue weighted by Crippen LogP contribution is -2.16. The van der Waals surface area contributed by atoms with Crippen LogP contribution in [0.3, 0.4) is 0 Å². The van der Waals surface area contributed by atoms with Gasteiger partial charge in [-0.1, -0.05) is 51.1 Å². The molecule has 1 aromatic carbocycles. The predicted octanol–water partition coefficient (Wildman–Crippen LogP) is 4.14. The molecule has 3 rings (SSSR count). The van der Waals surface area contributed by atoms with Crippen LogP contribution in [0.4, 0.5) is 0 Å². The number of aryl methyl sites for hydroxylation is 2. The first-order chi connectivity index (χ1) is 8.55. The highest BCUT2D eigenvalue weighted by atomic mass is 14.7. The van der Waals surface area contributed by atoms with Gasteiger partial charge in [-0.2, -0.15) is 0 Å². The third-order valence-corrected chi connectivity index (χ3v) is 3.58. The van der Waals surface area contributed by atoms with Gasteiger partial charge in [0.1, 0.15) is 0 Å². The monoisotopic (exact) mass is 237 g/mol. The number of fused-ring (bicyclic) bond motifs is 2. The molecule has 1 aliphatic carbocycles. The van der Waals surface area contributed by atoms with Crippen LogP contribution in [0, 0.1) is 0 Å². The molecule has 0 N–H and O–H groups in total. The average molecular weight is 237 g/mol. The second-order valence-electron chi connectivity index (χ2n) is 6.11. The Balaban J connectivity index is 2.27. The maximum atomic E-state index is 4.89. The minimum absolute atomic E-state index is 0.0975. The summed E-state index contributed by atoms with van der Waals surface area (Å²) in [6.07, 6.45) is 2.24. The Kier molecular flexibility index (Phi) is 2.51. The van der Waals surface area contributed by atoms with Crippen LogP contribution >= 0.6 is 0 Å². The Hall–Kier alpha value is -1.63. The van der Waals surface area contributed by atoms with Crippen LogP contribution < -0.4 is 0 Å². The smallest absolute Gasteiger partial charge is 0.0541 e. The molecule has 0 atom stereocenters. The first kappa shape index (κ1) is 11.5. The van der Waals surface area contributed by atoms with Gasteiger partial charge in [0, 0.05) is 16.7 Å². The van der Waals surface area contributed by atoms with Crippen LogP contribution in [0.5, 0.6) is 0 Å². The zero-order valence-electron chi connectivity index (χ0n) is 11.3. The number of rotatable bonds is 1. The second-order valence-corrected chi connectivity index (χ2v) is 6.11. The number of hydrogen-bond acceptors (Lipinski definition) is 1. The summed E-state index contributed by atoms with van der Waals surface area (Å²) in [6, 6.07) is 13.0. The number of nitrogens with zero attached hydrogens (tertiary/aromatic N) is 1. The molecule has 1 aromatic heterocycles. The average Bonchev–Trinajstić information content (AvgIpc) is 2.71. The summed E-state index contributed by atoms with van der Waals surface area (Å²) in [4.78, 5) is 4.89. The van der Waals surface area contributed by atoms with Crippen LogP contribution in [0.15, 0.2) is 36.4 Å². The molecule has 92 valence electrons. The number of pyridine rings is 1. The fourth-order valence-electron chi connectivity index (χ4n) is 2.71. The quantitative estimate of drug-likeness (QED) is 0.726. The fraction of sp³-hybridized carbons (Fsp3) is 0.353. The molecule has 0 saturated carbocycles. The molecule has 0 saturated heterocycles. The highest BCUT2D eigenvalue weighted by Gasteiger charge is 2.26. The van der Waals surface area contributed by atoms with Gasteiger partial charge in [-0.15, -0.1) is 0 Å². The lowest BCUT2D eigenvalue weighted by molar-refractivity contribution is 0.569. The predicted molar refractivity (Wildman–Crippen MR) is 75.8 cm³/mol. The van der Waals surface area contributed by atoms with Crippen molar-refractivity contribution in [3.63, 3.8) is 0 Å². The van der Waals surface area contributed by atoms with Gasteiger partial charge in [0.15, 0.2) is 0 Å². The van der Waals surface area contributed by atoms with E-state index in [2.05, 4.69) is 57.2 Å². The summed E-state index contributed by atoms with van der Waals surface area (Å²) in [5, 5.41) is 0. The number of aromatic nitrogens is 1. The van der Waals surface area contributed by atoms with Gasteiger partial charge in [0.2, 0.25) is 0 Å². The molecule has 0 amide bonds. The van der Waals surface area contributed by atoms with Crippen molar-refractivity contribution >= 4 is 0 Å². The van der Waals surface area contributed by atoms with Crippen LogP contribution in [-0.4, -0.2) is 4.98 Å². The highest BCUT2D eigenvalue weighted by molar-refractivity contribution is 5.72. The van der Waals surface area contributed by atoms with Gasteiger partial charge in [0.25, 0.3) is 0 Å². The molecule has 0 unspecified atom stereocenters. The van der Waals surface area contributed by atoms with E-state index in [1.807, 2.05) is 0 Å². The summed E-state index contributed by atoms with van der Waals surface area (Å²) < 4.78 is 0. The Labute approximate surface area is 109 Å². The third kappa shape index (κ3) is 1.84. The van der Waals surface area contributed by atoms with Crippen molar-refractivity contribution < 1.29 is 0 Å². The topological polar surface area (TPSA) is 12.9 Å². The summed E-state index contributed by atoms with van der Waals surface area (Å²) in [5.41, 5.74) is 6.74. The minimum atomic E-state index is 0.0975. The minimum Gasteiger partial charge on any atom is -0.257 e. The Morgan fingerprint density at radius 1 is 1.00 bits per heavy atom. The molecule has 1 nitrogen and oxygen atoms in total.